The minimum absolute atomic E-state index is 0.0619. The van der Waals surface area contributed by atoms with Crippen LogP contribution in [-0.4, -0.2) is 37.6 Å². The molecule has 0 unspecified atom stereocenters. The summed E-state index contributed by atoms with van der Waals surface area (Å²) >= 11 is 0. The molecular weight excluding hydrogens is 210 g/mol. The Hall–Kier alpha value is -1.10. The summed E-state index contributed by atoms with van der Waals surface area (Å²) in [6.45, 7) is 0.499. The molecule has 0 N–H and O–H groups in total. The van der Waals surface area contributed by atoms with Crippen LogP contribution < -0.4 is 0 Å². The van der Waals surface area contributed by atoms with Gasteiger partial charge in [-0.05, 0) is 25.2 Å². The van der Waals surface area contributed by atoms with E-state index >= 15 is 0 Å². The number of fused-ring (bicyclic) bond motifs is 1. The molecule has 0 aromatic rings. The third-order valence-corrected chi connectivity index (χ3v) is 3.59. The third-order valence-electron chi connectivity index (χ3n) is 3.59. The van der Waals surface area contributed by atoms with Crippen molar-refractivity contribution in [3.8, 4) is 0 Å². The standard InChI is InChI=1S/C11H15NO4/c1-14-11(13)10-7-4-9(6-2-3-6)15-5-8(7)12-16-10/h6-7,9-10H,2-5H2,1H3/t7-,9-,10-/m1/s1. The summed E-state index contributed by atoms with van der Waals surface area (Å²) in [5.41, 5.74) is 0.854. The van der Waals surface area contributed by atoms with Crippen molar-refractivity contribution in [2.45, 2.75) is 31.5 Å². The SMILES string of the molecule is COC(=O)[C@@H]1ON=C2CO[C@@H](C3CC3)C[C@H]21. The van der Waals surface area contributed by atoms with Gasteiger partial charge in [0.2, 0.25) is 6.10 Å². The van der Waals surface area contributed by atoms with E-state index in [1.54, 1.807) is 0 Å². The van der Waals surface area contributed by atoms with Gasteiger partial charge in [-0.15, -0.1) is 0 Å². The van der Waals surface area contributed by atoms with Crippen molar-refractivity contribution in [2.75, 3.05) is 13.7 Å². The highest BCUT2D eigenvalue weighted by Gasteiger charge is 2.47. The van der Waals surface area contributed by atoms with E-state index in [0.29, 0.717) is 12.5 Å². The molecule has 5 heteroatoms. The molecule has 2 aliphatic heterocycles. The molecule has 2 heterocycles. The number of carbonyl (C=O) groups is 1. The maximum atomic E-state index is 11.5. The maximum absolute atomic E-state index is 11.5. The molecule has 0 bridgehead atoms. The monoisotopic (exact) mass is 225 g/mol. The van der Waals surface area contributed by atoms with E-state index in [2.05, 4.69) is 5.16 Å². The number of rotatable bonds is 2. The molecule has 88 valence electrons. The van der Waals surface area contributed by atoms with Gasteiger partial charge in [0, 0.05) is 0 Å². The van der Waals surface area contributed by atoms with E-state index in [1.807, 2.05) is 0 Å². The lowest BCUT2D eigenvalue weighted by molar-refractivity contribution is -0.155. The van der Waals surface area contributed by atoms with Crippen LogP contribution in [0.2, 0.25) is 0 Å². The summed E-state index contributed by atoms with van der Waals surface area (Å²) in [5, 5.41) is 3.91. The smallest absolute Gasteiger partial charge is 0.350 e. The van der Waals surface area contributed by atoms with Crippen molar-refractivity contribution < 1.29 is 19.1 Å². The predicted octanol–water partition coefficient (Wildman–Crippen LogP) is 0.729. The molecule has 0 radical (unpaired) electrons. The van der Waals surface area contributed by atoms with E-state index in [-0.39, 0.29) is 18.0 Å². The molecule has 3 rings (SSSR count). The highest BCUT2D eigenvalue weighted by Crippen LogP contribution is 2.41. The van der Waals surface area contributed by atoms with Gasteiger partial charge in [0.1, 0.15) is 0 Å². The van der Waals surface area contributed by atoms with Crippen molar-refractivity contribution in [3.05, 3.63) is 0 Å². The second-order valence-corrected chi connectivity index (χ2v) is 4.66. The number of methoxy groups -OCH3 is 1. The fourth-order valence-electron chi connectivity index (χ4n) is 2.46. The Labute approximate surface area is 93.7 Å². The summed E-state index contributed by atoms with van der Waals surface area (Å²) in [5.74, 6) is 0.410. The van der Waals surface area contributed by atoms with Gasteiger partial charge in [0.25, 0.3) is 0 Å². The van der Waals surface area contributed by atoms with Crippen LogP contribution in [0.25, 0.3) is 0 Å². The van der Waals surface area contributed by atoms with Gasteiger partial charge in [-0.25, -0.2) is 4.79 Å². The highest BCUT2D eigenvalue weighted by molar-refractivity contribution is 5.94. The molecule has 0 aromatic carbocycles. The maximum Gasteiger partial charge on any atom is 0.350 e. The summed E-state index contributed by atoms with van der Waals surface area (Å²) in [4.78, 5) is 16.6. The molecule has 5 nitrogen and oxygen atoms in total. The zero-order valence-electron chi connectivity index (χ0n) is 9.22. The summed E-state index contributed by atoms with van der Waals surface area (Å²) < 4.78 is 10.4. The largest absolute Gasteiger partial charge is 0.466 e. The predicted molar refractivity (Wildman–Crippen MR) is 54.9 cm³/mol. The lowest BCUT2D eigenvalue weighted by atomic mass is 9.88. The Bertz CT molecular complexity index is 337. The van der Waals surface area contributed by atoms with Gasteiger partial charge < -0.3 is 14.3 Å². The van der Waals surface area contributed by atoms with Crippen molar-refractivity contribution in [1.82, 2.24) is 0 Å². The number of carbonyl (C=O) groups excluding carboxylic acids is 1. The van der Waals surface area contributed by atoms with Crippen LogP contribution in [0.15, 0.2) is 5.16 Å². The number of oxime groups is 1. The molecule has 1 saturated heterocycles. The first-order chi connectivity index (χ1) is 7.79. The van der Waals surface area contributed by atoms with Crippen LogP contribution in [0.4, 0.5) is 0 Å². The summed E-state index contributed by atoms with van der Waals surface area (Å²) in [6.07, 6.45) is 3.05. The highest BCUT2D eigenvalue weighted by atomic mass is 16.7. The number of hydrogen-bond acceptors (Lipinski definition) is 5. The number of nitrogens with zero attached hydrogens (tertiary/aromatic N) is 1. The fourth-order valence-corrected chi connectivity index (χ4v) is 2.46. The molecule has 1 aliphatic carbocycles. The molecule has 0 spiro atoms. The van der Waals surface area contributed by atoms with Gasteiger partial charge in [0.05, 0.1) is 31.5 Å². The molecule has 3 atom stereocenters. The van der Waals surface area contributed by atoms with Crippen LogP contribution in [-0.2, 0) is 19.1 Å². The van der Waals surface area contributed by atoms with Crippen molar-refractivity contribution in [1.29, 1.82) is 0 Å². The third kappa shape index (κ3) is 1.59. The minimum Gasteiger partial charge on any atom is -0.466 e. The topological polar surface area (TPSA) is 57.1 Å². The van der Waals surface area contributed by atoms with Gasteiger partial charge >= 0.3 is 5.97 Å². The zero-order valence-corrected chi connectivity index (χ0v) is 9.22. The second kappa shape index (κ2) is 3.73. The first-order valence-corrected chi connectivity index (χ1v) is 5.71. The van der Waals surface area contributed by atoms with Crippen LogP contribution in [0, 0.1) is 11.8 Å². The van der Waals surface area contributed by atoms with Gasteiger partial charge in [-0.2, -0.15) is 0 Å². The molecular formula is C11H15NO4. The average Bonchev–Trinajstić information content (AvgIpc) is 3.08. The van der Waals surface area contributed by atoms with Gasteiger partial charge in [-0.3, -0.25) is 0 Å². The van der Waals surface area contributed by atoms with E-state index in [0.717, 1.165) is 12.1 Å². The Morgan fingerprint density at radius 1 is 1.50 bits per heavy atom. The van der Waals surface area contributed by atoms with E-state index in [4.69, 9.17) is 14.3 Å². The van der Waals surface area contributed by atoms with Crippen molar-refractivity contribution >= 4 is 11.7 Å². The Morgan fingerprint density at radius 3 is 3.00 bits per heavy atom. The summed E-state index contributed by atoms with van der Waals surface area (Å²) in [7, 11) is 1.38. The average molecular weight is 225 g/mol. The minimum atomic E-state index is -0.551. The van der Waals surface area contributed by atoms with E-state index < -0.39 is 6.10 Å². The molecule has 3 aliphatic rings. The molecule has 0 aromatic heterocycles. The Kier molecular flexibility index (Phi) is 2.35. The summed E-state index contributed by atoms with van der Waals surface area (Å²) in [6, 6.07) is 0. The second-order valence-electron chi connectivity index (χ2n) is 4.66. The molecule has 2 fully saturated rings. The van der Waals surface area contributed by atoms with Crippen LogP contribution >= 0.6 is 0 Å². The number of hydrogen-bond donors (Lipinski definition) is 0. The van der Waals surface area contributed by atoms with Gasteiger partial charge in [0.15, 0.2) is 0 Å². The Balaban J connectivity index is 1.71. The lowest BCUT2D eigenvalue weighted by Crippen LogP contribution is -2.41. The molecule has 0 amide bonds. The van der Waals surface area contributed by atoms with Crippen LogP contribution in [0.3, 0.4) is 0 Å². The first-order valence-electron chi connectivity index (χ1n) is 5.71. The van der Waals surface area contributed by atoms with Crippen LogP contribution in [0.1, 0.15) is 19.3 Å². The van der Waals surface area contributed by atoms with Crippen LogP contribution in [0.5, 0.6) is 0 Å². The fraction of sp³-hybridized carbons (Fsp3) is 0.818. The molecule has 16 heavy (non-hydrogen) atoms. The van der Waals surface area contributed by atoms with E-state index in [9.17, 15) is 4.79 Å². The Morgan fingerprint density at radius 2 is 2.31 bits per heavy atom. The van der Waals surface area contributed by atoms with Gasteiger partial charge in [-0.1, -0.05) is 5.16 Å². The van der Waals surface area contributed by atoms with Crippen molar-refractivity contribution in [2.24, 2.45) is 17.0 Å². The molecule has 1 saturated carbocycles. The zero-order chi connectivity index (χ0) is 11.1. The first kappa shape index (κ1) is 10.1. The lowest BCUT2D eigenvalue weighted by Gasteiger charge is -2.28. The number of ether oxygens (including phenoxy) is 2. The number of esters is 1. The quantitative estimate of drug-likeness (QED) is 0.650. The van der Waals surface area contributed by atoms with Crippen molar-refractivity contribution in [3.63, 3.8) is 0 Å². The van der Waals surface area contributed by atoms with E-state index in [1.165, 1.54) is 20.0 Å². The normalized spacial score (nSPS) is 37.3.